The van der Waals surface area contributed by atoms with Gasteiger partial charge in [0.15, 0.2) is 6.29 Å². The lowest BCUT2D eigenvalue weighted by Crippen LogP contribution is -2.50. The molecule has 3 heterocycles. The third-order valence-corrected chi connectivity index (χ3v) is 6.15. The number of aryl methyl sites for hydroxylation is 1. The van der Waals surface area contributed by atoms with E-state index < -0.39 is 0 Å². The Morgan fingerprint density at radius 3 is 2.71 bits per heavy atom. The van der Waals surface area contributed by atoms with Crippen LogP contribution < -0.4 is 16.0 Å². The van der Waals surface area contributed by atoms with Gasteiger partial charge in [-0.25, -0.2) is 0 Å². The minimum atomic E-state index is -0.269. The van der Waals surface area contributed by atoms with Crippen LogP contribution >= 0.6 is 0 Å². The number of carbonyl (C=O) groups excluding carboxylic acids is 1. The molecule has 4 rings (SSSR count). The van der Waals surface area contributed by atoms with Crippen LogP contribution in [0.4, 0.5) is 5.69 Å². The van der Waals surface area contributed by atoms with Crippen LogP contribution in [0.2, 0.25) is 0 Å². The number of aromatic nitrogens is 1. The zero-order valence-electron chi connectivity index (χ0n) is 20.3. The Morgan fingerprint density at radius 2 is 2.03 bits per heavy atom. The molecule has 1 aromatic heterocycles. The Morgan fingerprint density at radius 1 is 1.24 bits per heavy atom. The summed E-state index contributed by atoms with van der Waals surface area (Å²) >= 11 is 0. The van der Waals surface area contributed by atoms with E-state index in [4.69, 9.17) is 15.2 Å². The van der Waals surface area contributed by atoms with E-state index in [1.165, 1.54) is 0 Å². The van der Waals surface area contributed by atoms with E-state index in [1.54, 1.807) is 12.4 Å². The van der Waals surface area contributed by atoms with E-state index in [1.807, 2.05) is 42.2 Å². The smallest absolute Gasteiger partial charge is 0.242 e. The number of anilines is 1. The molecule has 0 saturated carbocycles. The maximum atomic E-state index is 12.7. The first-order chi connectivity index (χ1) is 16.3. The van der Waals surface area contributed by atoms with Gasteiger partial charge < -0.3 is 30.3 Å². The number of pyridine rings is 1. The summed E-state index contributed by atoms with van der Waals surface area (Å²) in [6.07, 6.45) is 3.29. The van der Waals surface area contributed by atoms with Crippen molar-refractivity contribution in [1.82, 2.24) is 15.2 Å². The van der Waals surface area contributed by atoms with Crippen LogP contribution in [0.15, 0.2) is 48.8 Å². The fourth-order valence-electron chi connectivity index (χ4n) is 4.14. The summed E-state index contributed by atoms with van der Waals surface area (Å²) in [7, 11) is 0. The van der Waals surface area contributed by atoms with Crippen LogP contribution in [-0.4, -0.2) is 61.5 Å². The van der Waals surface area contributed by atoms with Gasteiger partial charge in [-0.3, -0.25) is 9.78 Å². The first-order valence-electron chi connectivity index (χ1n) is 11.8. The molecule has 8 heteroatoms. The summed E-state index contributed by atoms with van der Waals surface area (Å²) in [5.41, 5.74) is 11.0. The van der Waals surface area contributed by atoms with E-state index >= 15 is 0 Å². The molecule has 2 aliphatic heterocycles. The monoisotopic (exact) mass is 465 g/mol. The summed E-state index contributed by atoms with van der Waals surface area (Å²) in [5.74, 6) is 0.109. The average molecular weight is 466 g/mol. The third kappa shape index (κ3) is 6.07. The highest BCUT2D eigenvalue weighted by atomic mass is 16.7. The molecular formula is C26H35N5O3. The van der Waals surface area contributed by atoms with Crippen molar-refractivity contribution in [3.63, 3.8) is 0 Å². The van der Waals surface area contributed by atoms with Crippen LogP contribution in [0.25, 0.3) is 5.70 Å². The summed E-state index contributed by atoms with van der Waals surface area (Å²) in [5, 5.41) is 3.21. The minimum Gasteiger partial charge on any atom is -0.397 e. The Hall–Kier alpha value is -3.10. The number of nitrogens with one attached hydrogen (secondary N) is 1. The molecule has 3 N–H and O–H groups in total. The lowest BCUT2D eigenvalue weighted by molar-refractivity contribution is -0.217. The van der Waals surface area contributed by atoms with Gasteiger partial charge in [-0.15, -0.1) is 0 Å². The van der Waals surface area contributed by atoms with Crippen molar-refractivity contribution >= 4 is 17.3 Å². The largest absolute Gasteiger partial charge is 0.397 e. The molecule has 8 nitrogen and oxygen atoms in total. The molecule has 0 bridgehead atoms. The highest BCUT2D eigenvalue weighted by Crippen LogP contribution is 2.25. The molecule has 2 fully saturated rings. The second-order valence-electron chi connectivity index (χ2n) is 9.78. The van der Waals surface area contributed by atoms with Crippen molar-refractivity contribution in [2.75, 3.05) is 44.3 Å². The molecule has 0 spiro atoms. The van der Waals surface area contributed by atoms with Crippen molar-refractivity contribution in [2.45, 2.75) is 33.6 Å². The van der Waals surface area contributed by atoms with Crippen molar-refractivity contribution in [1.29, 1.82) is 0 Å². The second kappa shape index (κ2) is 10.4. The van der Waals surface area contributed by atoms with Crippen molar-refractivity contribution in [3.05, 3.63) is 65.6 Å². The molecular weight excluding hydrogens is 430 g/mol. The predicted molar refractivity (Wildman–Crippen MR) is 133 cm³/mol. The van der Waals surface area contributed by atoms with Gasteiger partial charge in [-0.2, -0.15) is 0 Å². The van der Waals surface area contributed by atoms with Crippen LogP contribution in [0.5, 0.6) is 0 Å². The number of nitrogens with zero attached hydrogens (tertiary/aromatic N) is 3. The highest BCUT2D eigenvalue weighted by molar-refractivity contribution is 5.83. The van der Waals surface area contributed by atoms with Crippen LogP contribution in [0.3, 0.4) is 0 Å². The van der Waals surface area contributed by atoms with E-state index in [0.29, 0.717) is 45.1 Å². The summed E-state index contributed by atoms with van der Waals surface area (Å²) < 4.78 is 11.5. The minimum absolute atomic E-state index is 0.0561. The van der Waals surface area contributed by atoms with Crippen LogP contribution in [-0.2, 0) is 20.8 Å². The molecule has 2 saturated heterocycles. The topological polar surface area (TPSA) is 93.0 Å². The maximum Gasteiger partial charge on any atom is 0.242 e. The van der Waals surface area contributed by atoms with Gasteiger partial charge in [-0.05, 0) is 36.8 Å². The van der Waals surface area contributed by atoms with Gasteiger partial charge in [0.1, 0.15) is 0 Å². The SMILES string of the molecule is Cc1cc(N2CCN(Cc3ccccn3)C(=O)C2)ccc1/C(N)=C/NCC1OCC(C)(C)CO1. The number of ether oxygens (including phenoxy) is 2. The van der Waals surface area contributed by atoms with E-state index in [0.717, 1.165) is 29.1 Å². The lowest BCUT2D eigenvalue weighted by atomic mass is 9.96. The molecule has 1 aromatic carbocycles. The van der Waals surface area contributed by atoms with Gasteiger partial charge in [0.2, 0.25) is 5.91 Å². The van der Waals surface area contributed by atoms with Crippen molar-refractivity contribution in [3.8, 4) is 0 Å². The molecule has 2 aliphatic rings. The predicted octanol–water partition coefficient (Wildman–Crippen LogP) is 2.48. The quantitative estimate of drug-likeness (QED) is 0.649. The van der Waals surface area contributed by atoms with Gasteiger partial charge in [0.05, 0.1) is 44.2 Å². The van der Waals surface area contributed by atoms with Gasteiger partial charge in [0.25, 0.3) is 0 Å². The molecule has 0 atom stereocenters. The number of hydrogen-bond acceptors (Lipinski definition) is 7. The first kappa shape index (κ1) is 24.0. The fourth-order valence-corrected chi connectivity index (χ4v) is 4.14. The van der Waals surface area contributed by atoms with Crippen LogP contribution in [0.1, 0.15) is 30.7 Å². The Bertz CT molecular complexity index is 1010. The summed E-state index contributed by atoms with van der Waals surface area (Å²) in [4.78, 5) is 21.0. The second-order valence-corrected chi connectivity index (χ2v) is 9.78. The highest BCUT2D eigenvalue weighted by Gasteiger charge is 2.28. The molecule has 182 valence electrons. The van der Waals surface area contributed by atoms with Crippen molar-refractivity contribution in [2.24, 2.45) is 11.1 Å². The third-order valence-electron chi connectivity index (χ3n) is 6.15. The fraction of sp³-hybridized carbons (Fsp3) is 0.462. The zero-order chi connectivity index (χ0) is 24.1. The molecule has 0 radical (unpaired) electrons. The molecule has 34 heavy (non-hydrogen) atoms. The standard InChI is InChI=1S/C26H35N5O3/c1-19-12-21(30-10-11-31(24(32)16-30)15-20-6-4-5-9-29-20)7-8-22(19)23(27)13-28-14-25-33-17-26(2,3)18-34-25/h4-9,12-13,25,28H,10-11,14-18,27H2,1-3H3/b23-13-. The van der Waals surface area contributed by atoms with Gasteiger partial charge in [0, 0.05) is 42.2 Å². The van der Waals surface area contributed by atoms with Gasteiger partial charge >= 0.3 is 0 Å². The number of amides is 1. The normalized spacial score (nSPS) is 19.4. The number of carbonyl (C=O) groups is 1. The lowest BCUT2D eigenvalue weighted by Gasteiger charge is -2.35. The average Bonchev–Trinajstić information content (AvgIpc) is 2.82. The number of hydrogen-bond donors (Lipinski definition) is 2. The Kier molecular flexibility index (Phi) is 7.38. The summed E-state index contributed by atoms with van der Waals surface area (Å²) in [6, 6.07) is 11.9. The van der Waals surface area contributed by atoms with E-state index in [9.17, 15) is 4.79 Å². The molecule has 2 aromatic rings. The first-order valence-corrected chi connectivity index (χ1v) is 11.8. The Balaban J connectivity index is 1.31. The number of benzene rings is 1. The molecule has 0 aliphatic carbocycles. The summed E-state index contributed by atoms with van der Waals surface area (Å²) in [6.45, 7) is 10.5. The van der Waals surface area contributed by atoms with E-state index in [2.05, 4.69) is 35.1 Å². The van der Waals surface area contributed by atoms with Crippen molar-refractivity contribution < 1.29 is 14.3 Å². The number of nitrogens with two attached hydrogens (primary N) is 1. The number of rotatable bonds is 7. The molecule has 1 amide bonds. The van der Waals surface area contributed by atoms with Crippen LogP contribution in [0, 0.1) is 12.3 Å². The van der Waals surface area contributed by atoms with E-state index in [-0.39, 0.29) is 17.6 Å². The van der Waals surface area contributed by atoms with Gasteiger partial charge in [-0.1, -0.05) is 26.0 Å². The Labute approximate surface area is 201 Å². The zero-order valence-corrected chi connectivity index (χ0v) is 20.3. The molecule has 0 unspecified atom stereocenters. The number of piperazine rings is 1. The maximum absolute atomic E-state index is 12.7.